The molecule has 0 aliphatic rings. The van der Waals surface area contributed by atoms with Crippen molar-refractivity contribution in [2.24, 2.45) is 5.73 Å². The monoisotopic (exact) mass is 283 g/mol. The Hall–Kier alpha value is -0.910. The minimum Gasteiger partial charge on any atom is -0.354 e. The molecule has 5 heteroatoms. The average molecular weight is 283 g/mol. The molecular formula is C14H25N3OS. The van der Waals surface area contributed by atoms with Gasteiger partial charge in [-0.25, -0.2) is 0 Å². The summed E-state index contributed by atoms with van der Waals surface area (Å²) in [6.07, 6.45) is 0.384. The average Bonchev–Trinajstić information content (AvgIpc) is 2.87. The Labute approximate surface area is 120 Å². The molecule has 0 radical (unpaired) electrons. The molecule has 4 nitrogen and oxygen atoms in total. The van der Waals surface area contributed by atoms with E-state index in [-0.39, 0.29) is 18.0 Å². The molecule has 0 fully saturated rings. The summed E-state index contributed by atoms with van der Waals surface area (Å²) in [6, 6.07) is 2.29. The summed E-state index contributed by atoms with van der Waals surface area (Å²) >= 11 is 1.69. The van der Waals surface area contributed by atoms with Gasteiger partial charge in [-0.15, -0.1) is 0 Å². The number of likely N-dealkylation sites (N-methyl/N-ethyl adjacent to an activating group) is 1. The van der Waals surface area contributed by atoms with Crippen LogP contribution in [0.5, 0.6) is 0 Å². The lowest BCUT2D eigenvalue weighted by Crippen LogP contribution is -2.39. The summed E-state index contributed by atoms with van der Waals surface area (Å²) in [5, 5.41) is 7.23. The van der Waals surface area contributed by atoms with Gasteiger partial charge in [-0.1, -0.05) is 13.8 Å². The maximum atomic E-state index is 11.7. The fraction of sp³-hybridized carbons (Fsp3) is 0.643. The maximum absolute atomic E-state index is 11.7. The van der Waals surface area contributed by atoms with Gasteiger partial charge in [0, 0.05) is 19.0 Å². The number of nitrogens with zero attached hydrogens (tertiary/aromatic N) is 1. The van der Waals surface area contributed by atoms with Crippen LogP contribution in [-0.4, -0.2) is 36.5 Å². The molecule has 19 heavy (non-hydrogen) atoms. The summed E-state index contributed by atoms with van der Waals surface area (Å²) in [4.78, 5) is 14.1. The third-order valence-corrected chi connectivity index (χ3v) is 3.88. The van der Waals surface area contributed by atoms with Crippen LogP contribution in [0, 0.1) is 0 Å². The van der Waals surface area contributed by atoms with E-state index in [2.05, 4.69) is 40.9 Å². The second-order valence-corrected chi connectivity index (χ2v) is 5.56. The number of hydrogen-bond donors (Lipinski definition) is 2. The predicted octanol–water partition coefficient (Wildman–Crippen LogP) is 1.98. The molecule has 1 aromatic heterocycles. The zero-order valence-electron chi connectivity index (χ0n) is 12.1. The van der Waals surface area contributed by atoms with Crippen molar-refractivity contribution < 1.29 is 4.79 Å². The Morgan fingerprint density at radius 1 is 1.47 bits per heavy atom. The van der Waals surface area contributed by atoms with Crippen LogP contribution in [0.15, 0.2) is 16.8 Å². The predicted molar refractivity (Wildman–Crippen MR) is 81.3 cm³/mol. The molecule has 0 aliphatic heterocycles. The van der Waals surface area contributed by atoms with Gasteiger partial charge in [0.25, 0.3) is 0 Å². The Morgan fingerprint density at radius 2 is 2.16 bits per heavy atom. The zero-order valence-corrected chi connectivity index (χ0v) is 12.9. The Morgan fingerprint density at radius 3 is 2.63 bits per heavy atom. The Balaban J connectivity index is 2.63. The first-order valence-electron chi connectivity index (χ1n) is 6.86. The molecule has 0 aromatic carbocycles. The molecule has 1 heterocycles. The fourth-order valence-electron chi connectivity index (χ4n) is 2.16. The smallest absolute Gasteiger partial charge is 0.221 e. The first kappa shape index (κ1) is 16.1. The van der Waals surface area contributed by atoms with Gasteiger partial charge in [0.15, 0.2) is 0 Å². The minimum atomic E-state index is -0.0898. The highest BCUT2D eigenvalue weighted by atomic mass is 32.1. The normalized spacial score (nSPS) is 14.4. The molecule has 1 amide bonds. The molecule has 0 saturated carbocycles. The van der Waals surface area contributed by atoms with Crippen molar-refractivity contribution in [3.8, 4) is 0 Å². The highest BCUT2D eigenvalue weighted by Gasteiger charge is 2.19. The number of carbonyl (C=O) groups excluding carboxylic acids is 1. The topological polar surface area (TPSA) is 58.4 Å². The highest BCUT2D eigenvalue weighted by molar-refractivity contribution is 7.07. The van der Waals surface area contributed by atoms with Crippen LogP contribution < -0.4 is 11.1 Å². The summed E-state index contributed by atoms with van der Waals surface area (Å²) in [7, 11) is 0. The summed E-state index contributed by atoms with van der Waals surface area (Å²) < 4.78 is 0. The molecule has 0 bridgehead atoms. The van der Waals surface area contributed by atoms with E-state index in [4.69, 9.17) is 5.73 Å². The van der Waals surface area contributed by atoms with Crippen LogP contribution in [0.25, 0.3) is 0 Å². The Kier molecular flexibility index (Phi) is 7.05. The molecule has 0 aliphatic carbocycles. The van der Waals surface area contributed by atoms with Crippen LogP contribution in [0.4, 0.5) is 0 Å². The summed E-state index contributed by atoms with van der Waals surface area (Å²) in [5.74, 6) is 0.0300. The molecule has 0 spiro atoms. The second kappa shape index (κ2) is 8.30. The highest BCUT2D eigenvalue weighted by Crippen LogP contribution is 2.22. The molecule has 1 aromatic rings. The van der Waals surface area contributed by atoms with Gasteiger partial charge in [-0.2, -0.15) is 11.3 Å². The minimum absolute atomic E-state index is 0.0300. The van der Waals surface area contributed by atoms with Crippen molar-refractivity contribution in [2.75, 3.05) is 19.6 Å². The van der Waals surface area contributed by atoms with Gasteiger partial charge in [-0.05, 0) is 42.4 Å². The van der Waals surface area contributed by atoms with E-state index < -0.39 is 0 Å². The lowest BCUT2D eigenvalue weighted by molar-refractivity contribution is -0.121. The van der Waals surface area contributed by atoms with Gasteiger partial charge in [0.05, 0.1) is 6.04 Å². The largest absolute Gasteiger partial charge is 0.354 e. The van der Waals surface area contributed by atoms with Gasteiger partial charge in [0.2, 0.25) is 5.91 Å². The quantitative estimate of drug-likeness (QED) is 0.767. The van der Waals surface area contributed by atoms with E-state index in [0.717, 1.165) is 13.1 Å². The van der Waals surface area contributed by atoms with Crippen molar-refractivity contribution in [1.29, 1.82) is 0 Å². The summed E-state index contributed by atoms with van der Waals surface area (Å²) in [6.45, 7) is 8.73. The number of amides is 1. The van der Waals surface area contributed by atoms with Gasteiger partial charge in [-0.3, -0.25) is 9.69 Å². The zero-order chi connectivity index (χ0) is 14.3. The number of hydrogen-bond acceptors (Lipinski definition) is 4. The third-order valence-electron chi connectivity index (χ3n) is 3.18. The van der Waals surface area contributed by atoms with Crippen molar-refractivity contribution in [3.05, 3.63) is 22.4 Å². The van der Waals surface area contributed by atoms with E-state index in [0.29, 0.717) is 13.0 Å². The first-order valence-corrected chi connectivity index (χ1v) is 7.81. The lowest BCUT2D eigenvalue weighted by atomic mass is 10.1. The molecule has 0 saturated heterocycles. The second-order valence-electron chi connectivity index (χ2n) is 4.78. The lowest BCUT2D eigenvalue weighted by Gasteiger charge is -2.29. The van der Waals surface area contributed by atoms with Gasteiger partial charge in [0.1, 0.15) is 0 Å². The molecule has 3 N–H and O–H groups in total. The van der Waals surface area contributed by atoms with Crippen molar-refractivity contribution in [3.63, 3.8) is 0 Å². The van der Waals surface area contributed by atoms with Crippen LogP contribution in [-0.2, 0) is 4.79 Å². The van der Waals surface area contributed by atoms with E-state index in [9.17, 15) is 4.79 Å². The fourth-order valence-corrected chi connectivity index (χ4v) is 2.87. The van der Waals surface area contributed by atoms with Crippen LogP contribution in [0.1, 0.15) is 38.8 Å². The van der Waals surface area contributed by atoms with E-state index in [1.165, 1.54) is 5.56 Å². The maximum Gasteiger partial charge on any atom is 0.221 e. The SMILES string of the molecule is CCN(CC)C(CNC(=O)CC(C)N)c1ccsc1. The van der Waals surface area contributed by atoms with Gasteiger partial charge >= 0.3 is 0 Å². The summed E-state index contributed by atoms with van der Waals surface area (Å²) in [5.41, 5.74) is 6.91. The Bertz CT molecular complexity index is 361. The van der Waals surface area contributed by atoms with Crippen molar-refractivity contribution in [1.82, 2.24) is 10.2 Å². The van der Waals surface area contributed by atoms with E-state index in [1.807, 2.05) is 6.92 Å². The molecule has 108 valence electrons. The van der Waals surface area contributed by atoms with Crippen LogP contribution >= 0.6 is 11.3 Å². The van der Waals surface area contributed by atoms with Crippen molar-refractivity contribution >= 4 is 17.2 Å². The third kappa shape index (κ3) is 5.30. The van der Waals surface area contributed by atoms with E-state index in [1.54, 1.807) is 11.3 Å². The molecule has 2 unspecified atom stereocenters. The molecule has 2 atom stereocenters. The number of thiophene rings is 1. The van der Waals surface area contributed by atoms with Crippen LogP contribution in [0.3, 0.4) is 0 Å². The van der Waals surface area contributed by atoms with Crippen molar-refractivity contribution in [2.45, 2.75) is 39.3 Å². The number of nitrogens with two attached hydrogens (primary N) is 1. The standard InChI is InChI=1S/C14H25N3OS/c1-4-17(5-2)13(12-6-7-19-10-12)9-16-14(18)8-11(3)15/h6-7,10-11,13H,4-5,8-9,15H2,1-3H3,(H,16,18). The molecule has 1 rings (SSSR count). The van der Waals surface area contributed by atoms with Crippen LogP contribution in [0.2, 0.25) is 0 Å². The number of carbonyl (C=O) groups is 1. The number of rotatable bonds is 8. The van der Waals surface area contributed by atoms with E-state index >= 15 is 0 Å². The number of nitrogens with one attached hydrogen (secondary N) is 1. The molecular weight excluding hydrogens is 258 g/mol. The first-order chi connectivity index (χ1) is 9.08. The van der Waals surface area contributed by atoms with Gasteiger partial charge < -0.3 is 11.1 Å².